The number of hydrogen-bond donors (Lipinski definition) is 2. The number of hydrogen-bond acceptors (Lipinski definition) is 3. The van der Waals surface area contributed by atoms with Crippen molar-refractivity contribution in [3.05, 3.63) is 59.7 Å². The van der Waals surface area contributed by atoms with Gasteiger partial charge in [0.1, 0.15) is 0 Å². The van der Waals surface area contributed by atoms with Crippen LogP contribution in [0.5, 0.6) is 0 Å². The van der Waals surface area contributed by atoms with Gasteiger partial charge in [-0.1, -0.05) is 11.8 Å². The van der Waals surface area contributed by atoms with E-state index in [1.165, 1.54) is 36.0 Å². The molecule has 4 nitrogen and oxygen atoms in total. The van der Waals surface area contributed by atoms with E-state index < -0.39 is 11.9 Å². The molecule has 0 radical (unpaired) electrons. The zero-order valence-electron chi connectivity index (χ0n) is 9.74. The van der Waals surface area contributed by atoms with Gasteiger partial charge in [0, 0.05) is 9.79 Å². The topological polar surface area (TPSA) is 74.6 Å². The zero-order chi connectivity index (χ0) is 13.8. The van der Waals surface area contributed by atoms with Gasteiger partial charge in [-0.05, 0) is 48.5 Å². The molecule has 0 atom stereocenters. The first-order valence-corrected chi connectivity index (χ1v) is 6.22. The van der Waals surface area contributed by atoms with Crippen LogP contribution in [0.3, 0.4) is 0 Å². The molecule has 0 aliphatic rings. The van der Waals surface area contributed by atoms with Gasteiger partial charge in [0.15, 0.2) is 0 Å². The van der Waals surface area contributed by atoms with E-state index in [1.54, 1.807) is 24.3 Å². The second-order valence-corrected chi connectivity index (χ2v) is 4.91. The summed E-state index contributed by atoms with van der Waals surface area (Å²) in [4.78, 5) is 23.2. The van der Waals surface area contributed by atoms with E-state index in [2.05, 4.69) is 0 Å². The van der Waals surface area contributed by atoms with Crippen molar-refractivity contribution < 1.29 is 19.8 Å². The summed E-state index contributed by atoms with van der Waals surface area (Å²) in [7, 11) is 0. The van der Waals surface area contributed by atoms with E-state index in [4.69, 9.17) is 10.2 Å². The Kier molecular flexibility index (Phi) is 6.87. The van der Waals surface area contributed by atoms with Crippen molar-refractivity contribution in [1.29, 1.82) is 0 Å². The van der Waals surface area contributed by atoms with Crippen LogP contribution in [0.4, 0.5) is 0 Å². The van der Waals surface area contributed by atoms with E-state index in [9.17, 15) is 9.59 Å². The van der Waals surface area contributed by atoms with E-state index in [0.29, 0.717) is 0 Å². The zero-order valence-corrected chi connectivity index (χ0v) is 10.6. The third kappa shape index (κ3) is 4.69. The summed E-state index contributed by atoms with van der Waals surface area (Å²) in [6.07, 6.45) is 0. The third-order valence-corrected chi connectivity index (χ3v) is 3.45. The van der Waals surface area contributed by atoms with Gasteiger partial charge in [-0.25, -0.2) is 9.59 Å². The van der Waals surface area contributed by atoms with Gasteiger partial charge >= 0.3 is 60.8 Å². The number of carboxylic acid groups (broad SMARTS) is 2. The van der Waals surface area contributed by atoms with Gasteiger partial charge in [0.2, 0.25) is 0 Å². The molecule has 2 rings (SSSR count). The molecule has 100 valence electrons. The Morgan fingerprint density at radius 3 is 1.25 bits per heavy atom. The SMILES string of the molecule is O=C(O)c1ccc(Sc2ccc(C(=O)O)cc2)cc1.[BaH2]. The summed E-state index contributed by atoms with van der Waals surface area (Å²) in [6, 6.07) is 13.0. The van der Waals surface area contributed by atoms with Crippen LogP contribution in [-0.2, 0) is 0 Å². The molecule has 0 aliphatic heterocycles. The second kappa shape index (κ2) is 7.92. The van der Waals surface area contributed by atoms with Crippen LogP contribution in [0.15, 0.2) is 58.3 Å². The average Bonchev–Trinajstić information content (AvgIpc) is 2.40. The van der Waals surface area contributed by atoms with Gasteiger partial charge in [0.25, 0.3) is 0 Å². The van der Waals surface area contributed by atoms with Crippen LogP contribution in [-0.4, -0.2) is 71.0 Å². The van der Waals surface area contributed by atoms with Crippen LogP contribution in [0, 0.1) is 0 Å². The monoisotopic (exact) mass is 414 g/mol. The Hall–Kier alpha value is -0.699. The Balaban J connectivity index is 0.00000200. The quantitative estimate of drug-likeness (QED) is 0.753. The molecular weight excluding hydrogens is 402 g/mol. The molecule has 20 heavy (non-hydrogen) atoms. The van der Waals surface area contributed by atoms with Crippen molar-refractivity contribution in [3.8, 4) is 0 Å². The molecule has 2 aromatic rings. The Morgan fingerprint density at radius 1 is 0.700 bits per heavy atom. The number of rotatable bonds is 4. The molecule has 0 saturated carbocycles. The summed E-state index contributed by atoms with van der Waals surface area (Å²) in [5.74, 6) is -1.91. The summed E-state index contributed by atoms with van der Waals surface area (Å²) in [5.41, 5.74) is 0.483. The van der Waals surface area contributed by atoms with Gasteiger partial charge in [0.05, 0.1) is 11.1 Å². The molecule has 0 aliphatic carbocycles. The summed E-state index contributed by atoms with van der Waals surface area (Å²) in [6.45, 7) is 0. The molecule has 0 saturated heterocycles. The fraction of sp³-hybridized carbons (Fsp3) is 0. The fourth-order valence-corrected chi connectivity index (χ4v) is 2.28. The normalized spacial score (nSPS) is 9.60. The summed E-state index contributed by atoms with van der Waals surface area (Å²) in [5, 5.41) is 17.6. The number of benzene rings is 2. The van der Waals surface area contributed by atoms with Gasteiger partial charge in [-0.2, -0.15) is 0 Å². The molecule has 2 N–H and O–H groups in total. The average molecular weight is 414 g/mol. The summed E-state index contributed by atoms with van der Waals surface area (Å²) < 4.78 is 0. The minimum atomic E-state index is -0.956. The maximum atomic E-state index is 10.7. The van der Waals surface area contributed by atoms with Crippen molar-refractivity contribution in [3.63, 3.8) is 0 Å². The molecular formula is C14H12BaO4S. The molecule has 0 spiro atoms. The van der Waals surface area contributed by atoms with Gasteiger partial charge in [-0.15, -0.1) is 0 Å². The van der Waals surface area contributed by atoms with E-state index in [-0.39, 0.29) is 60.0 Å². The molecule has 0 fully saturated rings. The maximum absolute atomic E-state index is 10.7. The number of carboxylic acids is 2. The first-order valence-electron chi connectivity index (χ1n) is 5.41. The van der Waals surface area contributed by atoms with Crippen LogP contribution in [0.25, 0.3) is 0 Å². The van der Waals surface area contributed by atoms with Crippen molar-refractivity contribution in [2.45, 2.75) is 9.79 Å². The molecule has 0 heterocycles. The third-order valence-electron chi connectivity index (χ3n) is 2.44. The van der Waals surface area contributed by atoms with Crippen LogP contribution >= 0.6 is 11.8 Å². The number of aromatic carboxylic acids is 2. The van der Waals surface area contributed by atoms with E-state index in [1.807, 2.05) is 0 Å². The van der Waals surface area contributed by atoms with Crippen LogP contribution < -0.4 is 0 Å². The first-order chi connectivity index (χ1) is 9.06. The van der Waals surface area contributed by atoms with E-state index >= 15 is 0 Å². The molecule has 0 amide bonds. The van der Waals surface area contributed by atoms with Crippen molar-refractivity contribution in [2.75, 3.05) is 0 Å². The first kappa shape index (κ1) is 17.4. The predicted octanol–water partition coefficient (Wildman–Crippen LogP) is 2.32. The Labute approximate surface area is 160 Å². The van der Waals surface area contributed by atoms with Crippen molar-refractivity contribution >= 4 is 72.6 Å². The minimum absolute atomic E-state index is 0. The van der Waals surface area contributed by atoms with Gasteiger partial charge < -0.3 is 10.2 Å². The molecule has 0 unspecified atom stereocenters. The van der Waals surface area contributed by atoms with Crippen LogP contribution in [0.1, 0.15) is 20.7 Å². The van der Waals surface area contributed by atoms with E-state index in [0.717, 1.165) is 9.79 Å². The molecule has 6 heteroatoms. The van der Waals surface area contributed by atoms with Crippen molar-refractivity contribution in [2.24, 2.45) is 0 Å². The Morgan fingerprint density at radius 2 is 1.00 bits per heavy atom. The van der Waals surface area contributed by atoms with Gasteiger partial charge in [-0.3, -0.25) is 0 Å². The Bertz CT molecular complexity index is 553. The number of carbonyl (C=O) groups is 2. The molecule has 2 aromatic carbocycles. The summed E-state index contributed by atoms with van der Waals surface area (Å²) >= 11 is 1.44. The standard InChI is InChI=1S/C14H10O4S.Ba.2H/c15-13(16)9-1-5-11(6-2-9)19-12-7-3-10(4-8-12)14(17)18;;;/h1-8H,(H,15,16)(H,17,18);;;. The predicted molar refractivity (Wildman–Crippen MR) is 79.5 cm³/mol. The molecule has 0 aromatic heterocycles. The molecule has 0 bridgehead atoms. The van der Waals surface area contributed by atoms with Crippen LogP contribution in [0.2, 0.25) is 0 Å². The van der Waals surface area contributed by atoms with Crippen molar-refractivity contribution in [1.82, 2.24) is 0 Å². The fourth-order valence-electron chi connectivity index (χ4n) is 1.47. The second-order valence-electron chi connectivity index (χ2n) is 3.76.